The lowest BCUT2D eigenvalue weighted by Gasteiger charge is -2.22. The van der Waals surface area contributed by atoms with Crippen LogP contribution < -0.4 is 0 Å². The maximum Gasteiger partial charge on any atom is 0.350 e. The molecule has 1 rings (SSSR count). The monoisotopic (exact) mass is 217 g/mol. The minimum Gasteiger partial charge on any atom is -0.469 e. The van der Waals surface area contributed by atoms with Crippen LogP contribution in [0.2, 0.25) is 0 Å². The van der Waals surface area contributed by atoms with Crippen LogP contribution in [0.5, 0.6) is 0 Å². The SMILES string of the molecule is [2H][C@@H](C(=O)OC)[C@@]1(C(=O)OC)CCC(=O)O1. The van der Waals surface area contributed by atoms with Crippen LogP contribution in [0.25, 0.3) is 0 Å². The Morgan fingerprint density at radius 2 is 2.20 bits per heavy atom. The lowest BCUT2D eigenvalue weighted by atomic mass is 9.96. The van der Waals surface area contributed by atoms with Crippen LogP contribution in [0.3, 0.4) is 0 Å². The Hall–Kier alpha value is -1.59. The standard InChI is InChI=1S/C9H12O6/c1-13-7(11)5-9(8(12)14-2)4-3-6(10)15-9/h3-5H2,1-2H3/t9-/m1/s1/i5D/t5-,9+/m0. The molecule has 1 saturated heterocycles. The third-order valence-electron chi connectivity index (χ3n) is 2.08. The van der Waals surface area contributed by atoms with Crippen molar-refractivity contribution >= 4 is 17.9 Å². The number of cyclic esters (lactones) is 1. The first-order valence-electron chi connectivity index (χ1n) is 4.86. The molecule has 6 nitrogen and oxygen atoms in total. The Bertz CT molecular complexity index is 328. The van der Waals surface area contributed by atoms with Crippen molar-refractivity contribution in [3.05, 3.63) is 0 Å². The Morgan fingerprint density at radius 1 is 1.53 bits per heavy atom. The molecular weight excluding hydrogens is 204 g/mol. The molecule has 1 aliphatic rings. The summed E-state index contributed by atoms with van der Waals surface area (Å²) in [6.07, 6.45) is -1.71. The first-order chi connectivity index (χ1) is 7.47. The van der Waals surface area contributed by atoms with Crippen LogP contribution in [-0.4, -0.2) is 37.7 Å². The van der Waals surface area contributed by atoms with Crippen LogP contribution in [0.4, 0.5) is 0 Å². The Morgan fingerprint density at radius 3 is 2.60 bits per heavy atom. The fraction of sp³-hybridized carbons (Fsp3) is 0.667. The first-order valence-corrected chi connectivity index (χ1v) is 4.28. The lowest BCUT2D eigenvalue weighted by molar-refractivity contribution is -0.176. The topological polar surface area (TPSA) is 78.9 Å². The van der Waals surface area contributed by atoms with Crippen molar-refractivity contribution in [1.82, 2.24) is 0 Å². The number of ether oxygens (including phenoxy) is 3. The van der Waals surface area contributed by atoms with Gasteiger partial charge in [0.2, 0.25) is 5.60 Å². The molecule has 0 N–H and O–H groups in total. The van der Waals surface area contributed by atoms with Gasteiger partial charge in [-0.1, -0.05) is 0 Å². The molecule has 6 heteroatoms. The molecule has 0 unspecified atom stereocenters. The average Bonchev–Trinajstić information content (AvgIpc) is 2.69. The van der Waals surface area contributed by atoms with Gasteiger partial charge in [0, 0.05) is 14.2 Å². The highest BCUT2D eigenvalue weighted by atomic mass is 16.6. The molecule has 2 atom stereocenters. The zero-order chi connectivity index (χ0) is 12.3. The minimum atomic E-state index is -1.86. The molecule has 0 aromatic heterocycles. The molecule has 0 aromatic rings. The van der Waals surface area contributed by atoms with Gasteiger partial charge in [0.1, 0.15) is 0 Å². The normalized spacial score (nSPS) is 27.6. The summed E-state index contributed by atoms with van der Waals surface area (Å²) in [4.78, 5) is 33.8. The Labute approximate surface area is 87.9 Å². The molecular formula is C9H12O6. The number of methoxy groups -OCH3 is 2. The van der Waals surface area contributed by atoms with E-state index in [0.717, 1.165) is 14.2 Å². The predicted octanol–water partition coefficient (Wildman–Crippen LogP) is -0.202. The molecule has 0 aromatic carbocycles. The van der Waals surface area contributed by atoms with Gasteiger partial charge in [0.25, 0.3) is 0 Å². The third-order valence-corrected chi connectivity index (χ3v) is 2.08. The second-order valence-corrected chi connectivity index (χ2v) is 3.02. The summed E-state index contributed by atoms with van der Waals surface area (Å²) in [7, 11) is 2.19. The van der Waals surface area contributed by atoms with Crippen LogP contribution in [0.15, 0.2) is 0 Å². The molecule has 1 fully saturated rings. The second kappa shape index (κ2) is 4.29. The highest BCUT2D eigenvalue weighted by molar-refractivity contribution is 5.90. The van der Waals surface area contributed by atoms with Crippen LogP contribution in [0.1, 0.15) is 20.6 Å². The smallest absolute Gasteiger partial charge is 0.350 e. The van der Waals surface area contributed by atoms with Gasteiger partial charge < -0.3 is 14.2 Å². The number of esters is 3. The summed E-state index contributed by atoms with van der Waals surface area (Å²) in [5.74, 6) is -2.49. The summed E-state index contributed by atoms with van der Waals surface area (Å²) in [6.45, 7) is 0. The van der Waals surface area contributed by atoms with E-state index in [9.17, 15) is 14.4 Å². The number of carbonyl (C=O) groups is 3. The van der Waals surface area contributed by atoms with Gasteiger partial charge in [-0.3, -0.25) is 9.59 Å². The third kappa shape index (κ3) is 2.26. The Balaban J connectivity index is 3.01. The maximum absolute atomic E-state index is 11.5. The van der Waals surface area contributed by atoms with Crippen molar-refractivity contribution in [2.45, 2.75) is 24.8 Å². The van der Waals surface area contributed by atoms with Gasteiger partial charge in [-0.25, -0.2) is 4.79 Å². The van der Waals surface area contributed by atoms with Crippen molar-refractivity contribution in [2.75, 3.05) is 14.2 Å². The molecule has 0 spiro atoms. The van der Waals surface area contributed by atoms with Gasteiger partial charge in [-0.05, 0) is 0 Å². The van der Waals surface area contributed by atoms with Gasteiger partial charge in [0.15, 0.2) is 0 Å². The molecule has 15 heavy (non-hydrogen) atoms. The number of hydrogen-bond donors (Lipinski definition) is 0. The number of rotatable bonds is 3. The van der Waals surface area contributed by atoms with E-state index in [-0.39, 0.29) is 12.8 Å². The molecule has 0 aliphatic carbocycles. The molecule has 84 valence electrons. The van der Waals surface area contributed by atoms with Gasteiger partial charge in [-0.15, -0.1) is 0 Å². The first kappa shape index (κ1) is 9.95. The van der Waals surface area contributed by atoms with Crippen molar-refractivity contribution in [3.8, 4) is 0 Å². The zero-order valence-corrected chi connectivity index (χ0v) is 8.44. The van der Waals surface area contributed by atoms with Crippen molar-refractivity contribution in [2.24, 2.45) is 0 Å². The average molecular weight is 217 g/mol. The largest absolute Gasteiger partial charge is 0.469 e. The van der Waals surface area contributed by atoms with Gasteiger partial charge >= 0.3 is 17.9 Å². The van der Waals surface area contributed by atoms with E-state index >= 15 is 0 Å². The Kier molecular flexibility index (Phi) is 2.84. The summed E-state index contributed by atoms with van der Waals surface area (Å²) < 4.78 is 21.2. The molecule has 1 heterocycles. The quantitative estimate of drug-likeness (QED) is 0.481. The van der Waals surface area contributed by atoms with E-state index < -0.39 is 29.9 Å². The molecule has 1 aliphatic heterocycles. The molecule has 0 radical (unpaired) electrons. The van der Waals surface area contributed by atoms with Crippen LogP contribution in [-0.2, 0) is 28.6 Å². The predicted molar refractivity (Wildman–Crippen MR) is 46.7 cm³/mol. The van der Waals surface area contributed by atoms with E-state index in [2.05, 4.69) is 9.47 Å². The number of hydrogen-bond acceptors (Lipinski definition) is 6. The molecule has 0 saturated carbocycles. The maximum atomic E-state index is 11.5. The van der Waals surface area contributed by atoms with E-state index in [1.165, 1.54) is 0 Å². The minimum absolute atomic E-state index is 0.0263. The van der Waals surface area contributed by atoms with Gasteiger partial charge in [-0.2, -0.15) is 0 Å². The highest BCUT2D eigenvalue weighted by Gasteiger charge is 2.50. The number of carbonyl (C=O) groups excluding carboxylic acids is 3. The fourth-order valence-electron chi connectivity index (χ4n) is 1.32. The summed E-state index contributed by atoms with van der Waals surface area (Å²) in [6, 6.07) is 0. The zero-order valence-electron chi connectivity index (χ0n) is 9.44. The summed E-state index contributed by atoms with van der Waals surface area (Å²) in [5.41, 5.74) is -1.86. The van der Waals surface area contributed by atoms with Crippen LogP contribution in [0, 0.1) is 0 Å². The highest BCUT2D eigenvalue weighted by Crippen LogP contribution is 2.31. The summed E-state index contributed by atoms with van der Waals surface area (Å²) in [5, 5.41) is 0. The van der Waals surface area contributed by atoms with E-state index in [1.807, 2.05) is 0 Å². The van der Waals surface area contributed by atoms with Crippen molar-refractivity contribution < 1.29 is 30.0 Å². The van der Waals surface area contributed by atoms with E-state index in [0.29, 0.717) is 0 Å². The summed E-state index contributed by atoms with van der Waals surface area (Å²) >= 11 is 0. The fourth-order valence-corrected chi connectivity index (χ4v) is 1.32. The van der Waals surface area contributed by atoms with E-state index in [4.69, 9.17) is 6.11 Å². The van der Waals surface area contributed by atoms with Gasteiger partial charge in [0.05, 0.1) is 20.6 Å². The molecule has 0 bridgehead atoms. The van der Waals surface area contributed by atoms with Crippen LogP contribution >= 0.6 is 0 Å². The second-order valence-electron chi connectivity index (χ2n) is 3.02. The lowest BCUT2D eigenvalue weighted by Crippen LogP contribution is -2.41. The van der Waals surface area contributed by atoms with Crippen molar-refractivity contribution in [3.63, 3.8) is 0 Å². The van der Waals surface area contributed by atoms with E-state index in [1.54, 1.807) is 0 Å². The molecule has 0 amide bonds. The van der Waals surface area contributed by atoms with Crippen molar-refractivity contribution in [1.29, 1.82) is 0 Å².